The molecule has 0 radical (unpaired) electrons. The number of halogens is 3. The van der Waals surface area contributed by atoms with Crippen LogP contribution < -0.4 is 5.32 Å². The molecule has 0 spiro atoms. The third-order valence-electron chi connectivity index (χ3n) is 4.42. The first kappa shape index (κ1) is 18.8. The first-order chi connectivity index (χ1) is 11.9. The van der Waals surface area contributed by atoms with E-state index in [-0.39, 0.29) is 17.3 Å². The predicted molar refractivity (Wildman–Crippen MR) is 95.4 cm³/mol. The van der Waals surface area contributed by atoms with Gasteiger partial charge in [-0.3, -0.25) is 0 Å². The largest absolute Gasteiger partial charge is 0.460 e. The van der Waals surface area contributed by atoms with Gasteiger partial charge in [0.25, 0.3) is 0 Å². The zero-order chi connectivity index (χ0) is 17.8. The van der Waals surface area contributed by atoms with Gasteiger partial charge in [0.1, 0.15) is 23.0 Å². The lowest BCUT2D eigenvalue weighted by Gasteiger charge is -2.11. The minimum absolute atomic E-state index is 0. The summed E-state index contributed by atoms with van der Waals surface area (Å²) in [6, 6.07) is 5.29. The normalized spacial score (nSPS) is 14.1. The predicted octanol–water partition coefficient (Wildman–Crippen LogP) is 3.92. The summed E-state index contributed by atoms with van der Waals surface area (Å²) in [5.41, 5.74) is 2.26. The van der Waals surface area contributed by atoms with Crippen molar-refractivity contribution >= 4 is 33.2 Å². The molecule has 4 rings (SSSR count). The second kappa shape index (κ2) is 6.64. The van der Waals surface area contributed by atoms with Crippen molar-refractivity contribution < 1.29 is 21.6 Å². The van der Waals surface area contributed by atoms with Crippen molar-refractivity contribution in [1.29, 1.82) is 0 Å². The van der Waals surface area contributed by atoms with Crippen LogP contribution in [0.3, 0.4) is 0 Å². The molecule has 4 nitrogen and oxygen atoms in total. The smallest absolute Gasteiger partial charge is 0.206 e. The molecule has 0 saturated carbocycles. The highest BCUT2D eigenvalue weighted by Gasteiger charge is 2.24. The van der Waals surface area contributed by atoms with Gasteiger partial charge in [-0.25, -0.2) is 17.2 Å². The van der Waals surface area contributed by atoms with Crippen molar-refractivity contribution in [3.63, 3.8) is 0 Å². The summed E-state index contributed by atoms with van der Waals surface area (Å²) in [5, 5.41) is 3.95. The van der Waals surface area contributed by atoms with Crippen LogP contribution in [0.25, 0.3) is 11.0 Å². The molecule has 138 valence electrons. The standard InChI is InChI=1S/C18H15F2NO3S.ClH/c1-10-4-13(25(22,23)14-6-11(19)5-12(20)7-14)8-15-16-9-21-3-2-17(16)24-18(10)15;/h4-8,21H,2-3,9H2,1H3;1H. The lowest BCUT2D eigenvalue weighted by atomic mass is 10.0. The quantitative estimate of drug-likeness (QED) is 0.709. The van der Waals surface area contributed by atoms with Gasteiger partial charge in [-0.2, -0.15) is 0 Å². The number of nitrogens with one attached hydrogen (secondary N) is 1. The summed E-state index contributed by atoms with van der Waals surface area (Å²) in [6.45, 7) is 3.16. The Morgan fingerprint density at radius 2 is 1.69 bits per heavy atom. The summed E-state index contributed by atoms with van der Waals surface area (Å²) in [7, 11) is -4.04. The lowest BCUT2D eigenvalue weighted by molar-refractivity contribution is 0.499. The van der Waals surface area contributed by atoms with Crippen molar-refractivity contribution in [1.82, 2.24) is 5.32 Å². The molecular formula is C18H16ClF2NO3S. The molecule has 26 heavy (non-hydrogen) atoms. The summed E-state index contributed by atoms with van der Waals surface area (Å²) in [6.07, 6.45) is 0.737. The molecule has 2 heterocycles. The zero-order valence-electron chi connectivity index (χ0n) is 13.8. The summed E-state index contributed by atoms with van der Waals surface area (Å²) >= 11 is 0. The van der Waals surface area contributed by atoms with E-state index in [0.717, 1.165) is 41.8 Å². The van der Waals surface area contributed by atoms with E-state index in [9.17, 15) is 17.2 Å². The second-order valence-corrected chi connectivity index (χ2v) is 8.11. The van der Waals surface area contributed by atoms with E-state index in [1.165, 1.54) is 12.1 Å². The highest BCUT2D eigenvalue weighted by molar-refractivity contribution is 7.91. The second-order valence-electron chi connectivity index (χ2n) is 6.16. The minimum Gasteiger partial charge on any atom is -0.460 e. The highest BCUT2D eigenvalue weighted by atomic mass is 35.5. The Balaban J connectivity index is 0.00000196. The molecule has 8 heteroatoms. The van der Waals surface area contributed by atoms with Gasteiger partial charge in [0.15, 0.2) is 0 Å². The molecule has 1 aromatic heterocycles. The average molecular weight is 400 g/mol. The molecule has 1 aliphatic heterocycles. The maximum atomic E-state index is 13.5. The average Bonchev–Trinajstić information content (AvgIpc) is 2.93. The van der Waals surface area contributed by atoms with Crippen LogP contribution in [0.2, 0.25) is 0 Å². The molecule has 0 aliphatic carbocycles. The number of hydrogen-bond acceptors (Lipinski definition) is 4. The van der Waals surface area contributed by atoms with Crippen molar-refractivity contribution in [3.8, 4) is 0 Å². The molecular weight excluding hydrogens is 384 g/mol. The zero-order valence-corrected chi connectivity index (χ0v) is 15.4. The summed E-state index contributed by atoms with van der Waals surface area (Å²) < 4.78 is 58.5. The van der Waals surface area contributed by atoms with Crippen LogP contribution in [-0.2, 0) is 22.8 Å². The Kier molecular flexibility index (Phi) is 4.81. The highest BCUT2D eigenvalue weighted by Crippen LogP contribution is 2.34. The lowest BCUT2D eigenvalue weighted by Crippen LogP contribution is -2.22. The van der Waals surface area contributed by atoms with E-state index in [4.69, 9.17) is 4.42 Å². The van der Waals surface area contributed by atoms with Gasteiger partial charge in [-0.15, -0.1) is 12.4 Å². The molecule has 3 aromatic rings. The maximum absolute atomic E-state index is 13.5. The van der Waals surface area contributed by atoms with Gasteiger partial charge in [-0.1, -0.05) is 0 Å². The number of hydrogen-bond donors (Lipinski definition) is 1. The Hall–Kier alpha value is -1.96. The number of aryl methyl sites for hydroxylation is 1. The minimum atomic E-state index is -4.04. The third kappa shape index (κ3) is 3.00. The monoisotopic (exact) mass is 399 g/mol. The molecule has 0 bridgehead atoms. The number of furan rings is 1. The van der Waals surface area contributed by atoms with E-state index in [1.807, 2.05) is 0 Å². The van der Waals surface area contributed by atoms with Crippen LogP contribution >= 0.6 is 12.4 Å². The number of sulfone groups is 1. The molecule has 0 amide bonds. The summed E-state index contributed by atoms with van der Waals surface area (Å²) in [5.74, 6) is -1.01. The Morgan fingerprint density at radius 3 is 2.38 bits per heavy atom. The Bertz CT molecular complexity index is 1090. The SMILES string of the molecule is Cc1cc(S(=O)(=O)c2cc(F)cc(F)c2)cc2c3c(oc12)CCNC3.Cl. The first-order valence-electron chi connectivity index (χ1n) is 7.83. The summed E-state index contributed by atoms with van der Waals surface area (Å²) in [4.78, 5) is -0.407. The van der Waals surface area contributed by atoms with Crippen LogP contribution in [0.5, 0.6) is 0 Å². The van der Waals surface area contributed by atoms with E-state index in [1.54, 1.807) is 6.92 Å². The van der Waals surface area contributed by atoms with Gasteiger partial charge in [0, 0.05) is 36.5 Å². The van der Waals surface area contributed by atoms with Gasteiger partial charge >= 0.3 is 0 Å². The maximum Gasteiger partial charge on any atom is 0.206 e. The topological polar surface area (TPSA) is 59.3 Å². The van der Waals surface area contributed by atoms with Crippen LogP contribution in [0.4, 0.5) is 8.78 Å². The van der Waals surface area contributed by atoms with E-state index < -0.39 is 26.4 Å². The third-order valence-corrected chi connectivity index (χ3v) is 6.14. The van der Waals surface area contributed by atoms with E-state index in [2.05, 4.69) is 5.32 Å². The molecule has 0 saturated heterocycles. The fourth-order valence-electron chi connectivity index (χ4n) is 3.22. The van der Waals surface area contributed by atoms with E-state index >= 15 is 0 Å². The fraction of sp³-hybridized carbons (Fsp3) is 0.222. The van der Waals surface area contributed by atoms with Crippen molar-refractivity contribution in [3.05, 3.63) is 58.9 Å². The van der Waals surface area contributed by atoms with Crippen LogP contribution in [-0.4, -0.2) is 15.0 Å². The van der Waals surface area contributed by atoms with Gasteiger partial charge in [0.05, 0.1) is 9.79 Å². The van der Waals surface area contributed by atoms with Crippen LogP contribution in [0.15, 0.2) is 44.5 Å². The fourth-order valence-corrected chi connectivity index (χ4v) is 4.63. The first-order valence-corrected chi connectivity index (χ1v) is 9.31. The molecule has 0 fully saturated rings. The molecule has 1 aliphatic rings. The van der Waals surface area contributed by atoms with Crippen LogP contribution in [0.1, 0.15) is 16.9 Å². The van der Waals surface area contributed by atoms with Crippen molar-refractivity contribution in [2.45, 2.75) is 29.7 Å². The van der Waals surface area contributed by atoms with Gasteiger partial charge in [0.2, 0.25) is 9.84 Å². The van der Waals surface area contributed by atoms with E-state index in [0.29, 0.717) is 23.8 Å². The van der Waals surface area contributed by atoms with Gasteiger partial charge in [-0.05, 0) is 36.8 Å². The van der Waals surface area contributed by atoms with Crippen molar-refractivity contribution in [2.75, 3.05) is 6.54 Å². The number of rotatable bonds is 2. The Labute approximate surface area is 155 Å². The molecule has 0 unspecified atom stereocenters. The Morgan fingerprint density at radius 1 is 1.04 bits per heavy atom. The molecule has 2 aromatic carbocycles. The molecule has 1 N–H and O–H groups in total. The van der Waals surface area contributed by atoms with Crippen molar-refractivity contribution in [2.24, 2.45) is 0 Å². The number of fused-ring (bicyclic) bond motifs is 3. The number of benzene rings is 2. The van der Waals surface area contributed by atoms with Crippen LogP contribution in [0, 0.1) is 18.6 Å². The van der Waals surface area contributed by atoms with Gasteiger partial charge < -0.3 is 9.73 Å². The molecule has 0 atom stereocenters.